The minimum absolute atomic E-state index is 0.106. The fourth-order valence-corrected chi connectivity index (χ4v) is 3.01. The van der Waals surface area contributed by atoms with Crippen LogP contribution in [0.3, 0.4) is 0 Å². The van der Waals surface area contributed by atoms with Crippen LogP contribution in [0.15, 0.2) is 24.5 Å². The van der Waals surface area contributed by atoms with Crippen LogP contribution in [0.1, 0.15) is 23.4 Å². The second kappa shape index (κ2) is 6.39. The van der Waals surface area contributed by atoms with Crippen molar-refractivity contribution < 1.29 is 4.79 Å². The van der Waals surface area contributed by atoms with Crippen LogP contribution >= 0.6 is 22.9 Å². The Balaban J connectivity index is 2.08. The van der Waals surface area contributed by atoms with Gasteiger partial charge in [0.25, 0.3) is 0 Å². The van der Waals surface area contributed by atoms with E-state index in [1.807, 2.05) is 19.1 Å². The first kappa shape index (κ1) is 15.0. The molecule has 2 N–H and O–H groups in total. The fourth-order valence-electron chi connectivity index (χ4n) is 1.91. The Bertz CT molecular complexity index is 595. The normalized spacial score (nSPS) is 12.4. The molecule has 0 saturated heterocycles. The zero-order valence-electron chi connectivity index (χ0n) is 11.4. The molecule has 1 unspecified atom stereocenters. The quantitative estimate of drug-likeness (QED) is 0.920. The fraction of sp³-hybridized carbons (Fsp3) is 0.385. The van der Waals surface area contributed by atoms with Crippen molar-refractivity contribution in [1.82, 2.24) is 14.7 Å². The number of carbonyl (C=O) groups is 1. The second-order valence-electron chi connectivity index (χ2n) is 4.48. The van der Waals surface area contributed by atoms with E-state index in [1.165, 1.54) is 11.3 Å². The first-order chi connectivity index (χ1) is 9.51. The lowest BCUT2D eigenvalue weighted by Gasteiger charge is -2.23. The smallest absolute Gasteiger partial charge is 0.244 e. The van der Waals surface area contributed by atoms with E-state index in [0.29, 0.717) is 13.1 Å². The molecule has 0 spiro atoms. The number of nitrogens with two attached hydrogens (primary N) is 1. The number of amides is 1. The lowest BCUT2D eigenvalue weighted by atomic mass is 10.1. The molecule has 2 aromatic heterocycles. The lowest BCUT2D eigenvalue weighted by Crippen LogP contribution is -2.37. The van der Waals surface area contributed by atoms with Crippen molar-refractivity contribution in [2.75, 3.05) is 6.54 Å². The van der Waals surface area contributed by atoms with Gasteiger partial charge in [-0.2, -0.15) is 5.10 Å². The molecule has 2 aromatic rings. The highest BCUT2D eigenvalue weighted by molar-refractivity contribution is 7.16. The summed E-state index contributed by atoms with van der Waals surface area (Å²) in [7, 11) is 1.80. The van der Waals surface area contributed by atoms with Gasteiger partial charge in [-0.15, -0.1) is 11.3 Å². The number of thiophene rings is 1. The zero-order valence-corrected chi connectivity index (χ0v) is 13.0. The number of halogens is 1. The van der Waals surface area contributed by atoms with E-state index in [0.717, 1.165) is 14.8 Å². The monoisotopic (exact) mass is 312 g/mol. The van der Waals surface area contributed by atoms with Gasteiger partial charge in [-0.3, -0.25) is 9.48 Å². The highest BCUT2D eigenvalue weighted by atomic mass is 35.5. The summed E-state index contributed by atoms with van der Waals surface area (Å²) in [5.41, 5.74) is 6.74. The van der Waals surface area contributed by atoms with Crippen molar-refractivity contribution in [1.29, 1.82) is 0 Å². The van der Waals surface area contributed by atoms with Crippen LogP contribution in [0.2, 0.25) is 4.34 Å². The first-order valence-electron chi connectivity index (χ1n) is 6.28. The van der Waals surface area contributed by atoms with Crippen molar-refractivity contribution in [3.05, 3.63) is 39.3 Å². The van der Waals surface area contributed by atoms with E-state index in [2.05, 4.69) is 5.10 Å². The van der Waals surface area contributed by atoms with Crippen molar-refractivity contribution in [3.63, 3.8) is 0 Å². The van der Waals surface area contributed by atoms with E-state index in [9.17, 15) is 4.79 Å². The molecule has 0 radical (unpaired) electrons. The third-order valence-electron chi connectivity index (χ3n) is 3.02. The standard InChI is InChI=1S/C13H17ClN4OS/c1-3-18(8-10-4-5-11(14)20-10)13(19)12(15)9-6-16-17(2)7-9/h4-7,12H,3,8,15H2,1-2H3. The number of aromatic nitrogens is 2. The Hall–Kier alpha value is -1.37. The molecule has 2 heterocycles. The maximum atomic E-state index is 12.4. The third kappa shape index (κ3) is 3.39. The Labute approximate surface area is 126 Å². The topological polar surface area (TPSA) is 64.2 Å². The molecule has 0 aliphatic rings. The highest BCUT2D eigenvalue weighted by Gasteiger charge is 2.23. The van der Waals surface area contributed by atoms with Crippen LogP contribution in [0, 0.1) is 0 Å². The number of nitrogens with zero attached hydrogens (tertiary/aromatic N) is 3. The second-order valence-corrected chi connectivity index (χ2v) is 6.28. The molecular weight excluding hydrogens is 296 g/mol. The van der Waals surface area contributed by atoms with Crippen molar-refractivity contribution in [3.8, 4) is 0 Å². The summed E-state index contributed by atoms with van der Waals surface area (Å²) < 4.78 is 2.36. The average molecular weight is 313 g/mol. The maximum Gasteiger partial charge on any atom is 0.244 e. The molecule has 1 amide bonds. The van der Waals surface area contributed by atoms with Crippen LogP contribution in [0.4, 0.5) is 0 Å². The molecule has 0 aliphatic carbocycles. The van der Waals surface area contributed by atoms with Gasteiger partial charge in [0.2, 0.25) is 5.91 Å². The molecule has 20 heavy (non-hydrogen) atoms. The van der Waals surface area contributed by atoms with Gasteiger partial charge in [-0.05, 0) is 19.1 Å². The van der Waals surface area contributed by atoms with Crippen LogP contribution in [-0.2, 0) is 18.4 Å². The summed E-state index contributed by atoms with van der Waals surface area (Å²) >= 11 is 7.38. The minimum atomic E-state index is -0.681. The van der Waals surface area contributed by atoms with Crippen LogP contribution in [0.5, 0.6) is 0 Å². The Morgan fingerprint density at radius 1 is 1.60 bits per heavy atom. The molecule has 1 atom stereocenters. The van der Waals surface area contributed by atoms with E-state index >= 15 is 0 Å². The van der Waals surface area contributed by atoms with E-state index in [1.54, 1.807) is 29.0 Å². The number of aryl methyl sites for hydroxylation is 1. The molecule has 2 rings (SSSR count). The van der Waals surface area contributed by atoms with Gasteiger partial charge in [0.05, 0.1) is 17.1 Å². The predicted octanol–water partition coefficient (Wildman–Crippen LogP) is 2.18. The van der Waals surface area contributed by atoms with Crippen LogP contribution in [-0.4, -0.2) is 27.1 Å². The van der Waals surface area contributed by atoms with E-state index in [-0.39, 0.29) is 5.91 Å². The Morgan fingerprint density at radius 3 is 2.85 bits per heavy atom. The van der Waals surface area contributed by atoms with E-state index < -0.39 is 6.04 Å². The van der Waals surface area contributed by atoms with Gasteiger partial charge in [0.1, 0.15) is 6.04 Å². The molecule has 108 valence electrons. The van der Waals surface area contributed by atoms with Gasteiger partial charge in [0.15, 0.2) is 0 Å². The molecule has 7 heteroatoms. The largest absolute Gasteiger partial charge is 0.336 e. The Morgan fingerprint density at radius 2 is 2.35 bits per heavy atom. The SMILES string of the molecule is CCN(Cc1ccc(Cl)s1)C(=O)C(N)c1cnn(C)c1. The molecular formula is C13H17ClN4OS. The summed E-state index contributed by atoms with van der Waals surface area (Å²) in [5.74, 6) is -0.106. The number of likely N-dealkylation sites (N-methyl/N-ethyl adjacent to an activating group) is 1. The summed E-state index contributed by atoms with van der Waals surface area (Å²) in [4.78, 5) is 15.2. The van der Waals surface area contributed by atoms with Crippen LogP contribution in [0.25, 0.3) is 0 Å². The predicted molar refractivity (Wildman–Crippen MR) is 80.6 cm³/mol. The number of hydrogen-bond donors (Lipinski definition) is 1. The molecule has 0 aromatic carbocycles. The summed E-state index contributed by atoms with van der Waals surface area (Å²) in [6.07, 6.45) is 3.39. The van der Waals surface area contributed by atoms with Crippen molar-refractivity contribution in [2.24, 2.45) is 12.8 Å². The molecule has 0 fully saturated rings. The highest BCUT2D eigenvalue weighted by Crippen LogP contribution is 2.23. The van der Waals surface area contributed by atoms with Crippen molar-refractivity contribution in [2.45, 2.75) is 19.5 Å². The molecule has 0 bridgehead atoms. The molecule has 0 saturated carbocycles. The summed E-state index contributed by atoms with van der Waals surface area (Å²) in [6.45, 7) is 3.06. The third-order valence-corrected chi connectivity index (χ3v) is 4.23. The average Bonchev–Trinajstić information content (AvgIpc) is 3.03. The maximum absolute atomic E-state index is 12.4. The summed E-state index contributed by atoms with van der Waals surface area (Å²) in [5, 5.41) is 4.04. The van der Waals surface area contributed by atoms with Crippen LogP contribution < -0.4 is 5.73 Å². The van der Waals surface area contributed by atoms with Gasteiger partial charge in [-0.25, -0.2) is 0 Å². The minimum Gasteiger partial charge on any atom is -0.336 e. The zero-order chi connectivity index (χ0) is 14.7. The Kier molecular flexibility index (Phi) is 4.80. The number of hydrogen-bond acceptors (Lipinski definition) is 4. The van der Waals surface area contributed by atoms with Gasteiger partial charge in [-0.1, -0.05) is 11.6 Å². The molecule has 0 aliphatic heterocycles. The van der Waals surface area contributed by atoms with Crippen molar-refractivity contribution >= 4 is 28.8 Å². The summed E-state index contributed by atoms with van der Waals surface area (Å²) in [6, 6.07) is 3.08. The number of rotatable bonds is 5. The number of carbonyl (C=O) groups excluding carboxylic acids is 1. The first-order valence-corrected chi connectivity index (χ1v) is 7.47. The van der Waals surface area contributed by atoms with E-state index in [4.69, 9.17) is 17.3 Å². The van der Waals surface area contributed by atoms with Gasteiger partial charge < -0.3 is 10.6 Å². The van der Waals surface area contributed by atoms with Gasteiger partial charge >= 0.3 is 0 Å². The lowest BCUT2D eigenvalue weighted by molar-refractivity contribution is -0.133. The van der Waals surface area contributed by atoms with Gasteiger partial charge in [0, 0.05) is 30.2 Å². The molecule has 5 nitrogen and oxygen atoms in total.